The third-order valence-corrected chi connectivity index (χ3v) is 6.78. The molecule has 3 rings (SSSR count). The number of allylic oxidation sites excluding steroid dienone is 1. The molecule has 1 N–H and O–H groups in total. The first kappa shape index (κ1) is 21.7. The Morgan fingerprint density at radius 2 is 1.93 bits per heavy atom. The van der Waals surface area contributed by atoms with E-state index >= 15 is 0 Å². The second-order valence-corrected chi connectivity index (χ2v) is 8.92. The van der Waals surface area contributed by atoms with Gasteiger partial charge in [0.2, 0.25) is 15.9 Å². The molecule has 1 saturated heterocycles. The fourth-order valence-electron chi connectivity index (χ4n) is 3.55. The minimum Gasteiger partial charge on any atom is -0.435 e. The van der Waals surface area contributed by atoms with E-state index in [4.69, 9.17) is 0 Å². The zero-order valence-corrected chi connectivity index (χ0v) is 17.1. The van der Waals surface area contributed by atoms with Crippen molar-refractivity contribution in [1.82, 2.24) is 14.5 Å². The van der Waals surface area contributed by atoms with Gasteiger partial charge in [-0.05, 0) is 42.2 Å². The van der Waals surface area contributed by atoms with Crippen molar-refractivity contribution < 1.29 is 26.7 Å². The van der Waals surface area contributed by atoms with Gasteiger partial charge in [0.1, 0.15) is 5.75 Å². The second-order valence-electron chi connectivity index (χ2n) is 7.10. The van der Waals surface area contributed by atoms with Crippen molar-refractivity contribution in [2.75, 3.05) is 39.3 Å². The molecule has 29 heavy (non-hydrogen) atoms. The molecule has 1 amide bonds. The Bertz CT molecular complexity index is 881. The van der Waals surface area contributed by atoms with Crippen LogP contribution in [0.25, 0.3) is 6.08 Å². The van der Waals surface area contributed by atoms with E-state index in [-0.39, 0.29) is 23.1 Å². The zero-order valence-electron chi connectivity index (χ0n) is 16.2. The molecule has 7 nitrogen and oxygen atoms in total. The number of alkyl halides is 2. The molecule has 0 bridgehead atoms. The van der Waals surface area contributed by atoms with E-state index in [1.807, 2.05) is 0 Å². The molecule has 10 heteroatoms. The fraction of sp³-hybridized carbons (Fsp3) is 0.526. The predicted octanol–water partition coefficient (Wildman–Crippen LogP) is 1.66. The van der Waals surface area contributed by atoms with E-state index in [9.17, 15) is 22.0 Å². The summed E-state index contributed by atoms with van der Waals surface area (Å²) in [5.74, 6) is 0.129. The van der Waals surface area contributed by atoms with Gasteiger partial charge in [0.25, 0.3) is 0 Å². The van der Waals surface area contributed by atoms with Gasteiger partial charge in [0.15, 0.2) is 0 Å². The molecule has 0 saturated carbocycles. The third kappa shape index (κ3) is 5.74. The highest BCUT2D eigenvalue weighted by atomic mass is 32.2. The first-order valence-electron chi connectivity index (χ1n) is 9.50. The van der Waals surface area contributed by atoms with Crippen molar-refractivity contribution in [3.63, 3.8) is 0 Å². The van der Waals surface area contributed by atoms with Crippen LogP contribution < -0.4 is 9.46 Å². The van der Waals surface area contributed by atoms with Crippen LogP contribution in [-0.4, -0.2) is 70.0 Å². The fourth-order valence-corrected chi connectivity index (χ4v) is 4.75. The van der Waals surface area contributed by atoms with Crippen LogP contribution in [0.3, 0.4) is 0 Å². The lowest BCUT2D eigenvalue weighted by Gasteiger charge is -2.34. The number of nitrogens with zero attached hydrogens (tertiary/aromatic N) is 2. The molecular formula is C19H25F2N3O4S. The Balaban J connectivity index is 1.55. The van der Waals surface area contributed by atoms with Gasteiger partial charge in [-0.15, -0.1) is 0 Å². The van der Waals surface area contributed by atoms with Crippen LogP contribution in [-0.2, 0) is 21.2 Å². The van der Waals surface area contributed by atoms with E-state index in [0.29, 0.717) is 38.0 Å². The normalized spacial score (nSPS) is 17.8. The number of amides is 1. The summed E-state index contributed by atoms with van der Waals surface area (Å²) < 4.78 is 56.9. The minimum atomic E-state index is -3.61. The number of nitrogens with one attached hydrogen (secondary N) is 1. The van der Waals surface area contributed by atoms with Crippen LogP contribution in [0.1, 0.15) is 24.5 Å². The Morgan fingerprint density at radius 3 is 2.59 bits per heavy atom. The van der Waals surface area contributed by atoms with Crippen LogP contribution in [0.2, 0.25) is 0 Å². The molecule has 1 aromatic carbocycles. The average Bonchev–Trinajstić information content (AvgIpc) is 2.67. The van der Waals surface area contributed by atoms with Gasteiger partial charge in [-0.25, -0.2) is 13.1 Å². The van der Waals surface area contributed by atoms with Gasteiger partial charge in [0, 0.05) is 46.2 Å². The molecule has 0 radical (unpaired) electrons. The largest absolute Gasteiger partial charge is 0.435 e. The summed E-state index contributed by atoms with van der Waals surface area (Å²) in [5.41, 5.74) is 1.48. The van der Waals surface area contributed by atoms with Gasteiger partial charge in [-0.2, -0.15) is 8.78 Å². The number of rotatable bonds is 7. The Kier molecular flexibility index (Phi) is 6.86. The van der Waals surface area contributed by atoms with Crippen molar-refractivity contribution in [1.29, 1.82) is 0 Å². The molecule has 1 aliphatic heterocycles. The number of carbonyl (C=O) groups excluding carboxylic acids is 1. The van der Waals surface area contributed by atoms with E-state index in [1.54, 1.807) is 24.0 Å². The molecular weight excluding hydrogens is 404 g/mol. The summed E-state index contributed by atoms with van der Waals surface area (Å²) in [4.78, 5) is 15.5. The molecule has 1 heterocycles. The summed E-state index contributed by atoms with van der Waals surface area (Å²) in [7, 11) is -3.61. The second kappa shape index (κ2) is 9.19. The number of piperazine rings is 1. The minimum absolute atomic E-state index is 0.0581. The van der Waals surface area contributed by atoms with Crippen LogP contribution in [0.4, 0.5) is 8.78 Å². The maximum absolute atomic E-state index is 12.6. The van der Waals surface area contributed by atoms with Crippen LogP contribution in [0, 0.1) is 0 Å². The van der Waals surface area contributed by atoms with Crippen molar-refractivity contribution in [2.24, 2.45) is 0 Å². The Hall–Kier alpha value is -2.04. The molecule has 160 valence electrons. The lowest BCUT2D eigenvalue weighted by molar-refractivity contribution is -0.130. The summed E-state index contributed by atoms with van der Waals surface area (Å²) in [5, 5.41) is 0. The summed E-state index contributed by atoms with van der Waals surface area (Å²) >= 11 is 0. The highest BCUT2D eigenvalue weighted by Gasteiger charge is 2.23. The van der Waals surface area contributed by atoms with Gasteiger partial charge >= 0.3 is 6.61 Å². The number of sulfonamides is 1. The molecule has 1 aliphatic carbocycles. The Labute approximate surface area is 169 Å². The van der Waals surface area contributed by atoms with E-state index in [1.165, 1.54) is 12.1 Å². The molecule has 1 aromatic rings. The predicted molar refractivity (Wildman–Crippen MR) is 105 cm³/mol. The topological polar surface area (TPSA) is 79.0 Å². The first-order valence-corrected chi connectivity index (χ1v) is 11.0. The van der Waals surface area contributed by atoms with Crippen molar-refractivity contribution in [3.05, 3.63) is 34.2 Å². The van der Waals surface area contributed by atoms with Gasteiger partial charge in [-0.3, -0.25) is 9.69 Å². The number of benzene rings is 1. The maximum Gasteiger partial charge on any atom is 0.387 e. The molecule has 0 spiro atoms. The van der Waals surface area contributed by atoms with Crippen LogP contribution in [0.5, 0.6) is 5.75 Å². The Morgan fingerprint density at radius 1 is 1.21 bits per heavy atom. The van der Waals surface area contributed by atoms with E-state index in [0.717, 1.165) is 18.7 Å². The van der Waals surface area contributed by atoms with Gasteiger partial charge in [0.05, 0.1) is 4.91 Å². The number of hydrogen-bond acceptors (Lipinski definition) is 5. The number of aryl methyl sites for hydroxylation is 1. The highest BCUT2D eigenvalue weighted by molar-refractivity contribution is 7.93. The molecule has 2 aliphatic rings. The number of ether oxygens (including phenoxy) is 1. The molecule has 1 fully saturated rings. The van der Waals surface area contributed by atoms with Gasteiger partial charge < -0.3 is 9.64 Å². The molecule has 0 atom stereocenters. The monoisotopic (exact) mass is 429 g/mol. The summed E-state index contributed by atoms with van der Waals surface area (Å²) in [6, 6.07) is 4.52. The molecule has 0 aromatic heterocycles. The summed E-state index contributed by atoms with van der Waals surface area (Å²) in [6.45, 7) is 2.27. The summed E-state index contributed by atoms with van der Waals surface area (Å²) in [6.07, 6.45) is 2.33. The first-order chi connectivity index (χ1) is 13.7. The van der Waals surface area contributed by atoms with Crippen molar-refractivity contribution >= 4 is 22.0 Å². The molecule has 0 unspecified atom stereocenters. The lowest BCUT2D eigenvalue weighted by atomic mass is 9.97. The highest BCUT2D eigenvalue weighted by Crippen LogP contribution is 2.29. The number of hydrogen-bond donors (Lipinski definition) is 1. The standard InChI is InChI=1S/C19H25F2N3O4S/c1-14(25)24-10-8-23(9-11-24)7-6-22-29(26,27)18-5-3-15-12-17(28-19(20)21)4-2-16(15)13-18/h2,4,12-13,19,22H,3,5-11H2,1H3. The lowest BCUT2D eigenvalue weighted by Crippen LogP contribution is -2.49. The van der Waals surface area contributed by atoms with Crippen molar-refractivity contribution in [2.45, 2.75) is 26.4 Å². The van der Waals surface area contributed by atoms with E-state index in [2.05, 4.69) is 14.4 Å². The van der Waals surface area contributed by atoms with E-state index < -0.39 is 16.6 Å². The van der Waals surface area contributed by atoms with Gasteiger partial charge in [-0.1, -0.05) is 6.07 Å². The smallest absolute Gasteiger partial charge is 0.387 e. The van der Waals surface area contributed by atoms with Crippen molar-refractivity contribution in [3.8, 4) is 5.75 Å². The average molecular weight is 429 g/mol. The van der Waals surface area contributed by atoms with Crippen LogP contribution in [0.15, 0.2) is 23.1 Å². The third-order valence-electron chi connectivity index (χ3n) is 5.18. The van der Waals surface area contributed by atoms with Crippen LogP contribution >= 0.6 is 0 Å². The SMILES string of the molecule is CC(=O)N1CCN(CCNS(=O)(=O)C2=Cc3ccc(OC(F)F)cc3CC2)CC1. The maximum atomic E-state index is 12.6. The zero-order chi connectivity index (χ0) is 21.0. The number of fused-ring (bicyclic) bond motifs is 1. The quantitative estimate of drug-likeness (QED) is 0.713. The number of halogens is 2. The number of carbonyl (C=O) groups is 1.